The molecular weight excluding hydrogens is 340 g/mol. The monoisotopic (exact) mass is 352 g/mol. The molecule has 0 radical (unpaired) electrons. The number of fused-ring (bicyclic) bond motifs is 1. The number of carbonyl (C=O) groups is 1. The largest absolute Gasteiger partial charge is 0.488 e. The number of rotatable bonds is 3. The molecule has 0 saturated carbocycles. The van der Waals surface area contributed by atoms with Crippen LogP contribution in [-0.4, -0.2) is 27.3 Å². The van der Waals surface area contributed by atoms with Gasteiger partial charge < -0.3 is 10.1 Å². The average molecular weight is 353 g/mol. The lowest BCUT2D eigenvalue weighted by Gasteiger charge is -2.18. The highest BCUT2D eigenvalue weighted by Gasteiger charge is 2.19. The molecule has 0 unspecified atom stereocenters. The molecule has 4 rings (SSSR count). The van der Waals surface area contributed by atoms with Gasteiger partial charge in [-0.3, -0.25) is 4.79 Å². The summed E-state index contributed by atoms with van der Waals surface area (Å²) in [6, 6.07) is 12.8. The van der Waals surface area contributed by atoms with Crippen molar-refractivity contribution in [2.45, 2.75) is 0 Å². The summed E-state index contributed by atoms with van der Waals surface area (Å²) in [5.74, 6) is 0.517. The van der Waals surface area contributed by atoms with E-state index in [2.05, 4.69) is 15.4 Å². The first-order chi connectivity index (χ1) is 12.2. The van der Waals surface area contributed by atoms with Gasteiger partial charge in [0.2, 0.25) is 0 Å². The minimum absolute atomic E-state index is 0.210. The van der Waals surface area contributed by atoms with E-state index in [0.29, 0.717) is 22.0 Å². The molecule has 3 aromatic rings. The molecule has 1 aromatic heterocycles. The second-order valence-corrected chi connectivity index (χ2v) is 5.83. The van der Waals surface area contributed by atoms with E-state index in [9.17, 15) is 4.79 Å². The van der Waals surface area contributed by atoms with Crippen molar-refractivity contribution < 1.29 is 9.53 Å². The number of aromatic nitrogens is 3. The van der Waals surface area contributed by atoms with Crippen LogP contribution < -0.4 is 10.1 Å². The van der Waals surface area contributed by atoms with Gasteiger partial charge in [0.1, 0.15) is 30.7 Å². The van der Waals surface area contributed by atoms with Gasteiger partial charge in [0, 0.05) is 5.56 Å². The summed E-state index contributed by atoms with van der Waals surface area (Å²) in [6.07, 6.45) is 4.76. The molecule has 2 aromatic carbocycles. The molecule has 0 atom stereocenters. The molecule has 1 N–H and O–H groups in total. The first-order valence-electron chi connectivity index (χ1n) is 7.59. The Balaban J connectivity index is 1.65. The molecule has 6 nitrogen and oxygen atoms in total. The molecule has 1 aliphatic heterocycles. The van der Waals surface area contributed by atoms with Gasteiger partial charge in [-0.05, 0) is 24.3 Å². The highest BCUT2D eigenvalue weighted by atomic mass is 35.5. The molecule has 1 amide bonds. The number of hydrogen-bond donors (Lipinski definition) is 1. The van der Waals surface area contributed by atoms with Crippen molar-refractivity contribution in [3.8, 4) is 11.4 Å². The summed E-state index contributed by atoms with van der Waals surface area (Å²) in [7, 11) is 0. The normalized spacial score (nSPS) is 12.8. The van der Waals surface area contributed by atoms with Crippen LogP contribution in [0, 0.1) is 0 Å². The smallest absolute Gasteiger partial charge is 0.255 e. The molecule has 124 valence electrons. The van der Waals surface area contributed by atoms with E-state index in [-0.39, 0.29) is 12.5 Å². The number of nitrogens with zero attached hydrogens (tertiary/aromatic N) is 3. The Labute approximate surface area is 148 Å². The summed E-state index contributed by atoms with van der Waals surface area (Å²) in [4.78, 5) is 16.6. The van der Waals surface area contributed by atoms with E-state index in [1.54, 1.807) is 18.2 Å². The van der Waals surface area contributed by atoms with E-state index < -0.39 is 0 Å². The lowest BCUT2D eigenvalue weighted by atomic mass is 10.1. The lowest BCUT2D eigenvalue weighted by molar-refractivity contribution is -0.113. The maximum atomic E-state index is 12.7. The van der Waals surface area contributed by atoms with Crippen LogP contribution in [0.4, 0.5) is 5.69 Å². The fraction of sp³-hybridized carbons (Fsp3) is 0.0556. The van der Waals surface area contributed by atoms with Crippen LogP contribution in [-0.2, 0) is 4.79 Å². The first kappa shape index (κ1) is 15.4. The second kappa shape index (κ2) is 6.41. The van der Waals surface area contributed by atoms with Crippen LogP contribution in [0.5, 0.6) is 5.75 Å². The highest BCUT2D eigenvalue weighted by molar-refractivity contribution is 6.33. The Bertz CT molecular complexity index is 967. The number of ether oxygens (including phenoxy) is 1. The molecule has 0 saturated heterocycles. The number of carbonyl (C=O) groups excluding carboxylic acids is 1. The molecule has 2 heterocycles. The van der Waals surface area contributed by atoms with Crippen molar-refractivity contribution in [3.05, 3.63) is 71.3 Å². The van der Waals surface area contributed by atoms with Crippen LogP contribution in [0.3, 0.4) is 0 Å². The number of anilines is 1. The molecule has 25 heavy (non-hydrogen) atoms. The van der Waals surface area contributed by atoms with E-state index >= 15 is 0 Å². The van der Waals surface area contributed by atoms with Gasteiger partial charge in [-0.15, -0.1) is 0 Å². The Kier molecular flexibility index (Phi) is 3.95. The summed E-state index contributed by atoms with van der Waals surface area (Å²) in [6.45, 7) is 0.210. The zero-order chi connectivity index (χ0) is 17.2. The maximum Gasteiger partial charge on any atom is 0.255 e. The number of para-hydroxylation sites is 2. The minimum atomic E-state index is -0.252. The molecule has 7 heteroatoms. The van der Waals surface area contributed by atoms with E-state index in [0.717, 1.165) is 11.3 Å². The number of nitrogens with one attached hydrogen (secondary N) is 1. The van der Waals surface area contributed by atoms with Crippen molar-refractivity contribution in [1.82, 2.24) is 14.8 Å². The second-order valence-electron chi connectivity index (χ2n) is 5.43. The van der Waals surface area contributed by atoms with Crippen molar-refractivity contribution in [2.24, 2.45) is 0 Å². The quantitative estimate of drug-likeness (QED) is 0.785. The van der Waals surface area contributed by atoms with Gasteiger partial charge in [0.15, 0.2) is 0 Å². The van der Waals surface area contributed by atoms with Gasteiger partial charge in [-0.1, -0.05) is 35.9 Å². The fourth-order valence-electron chi connectivity index (χ4n) is 2.62. The van der Waals surface area contributed by atoms with E-state index in [1.165, 1.54) is 17.3 Å². The third-order valence-corrected chi connectivity index (χ3v) is 4.11. The van der Waals surface area contributed by atoms with Gasteiger partial charge in [0.05, 0.1) is 16.3 Å². The number of benzene rings is 2. The van der Waals surface area contributed by atoms with Crippen molar-refractivity contribution in [3.63, 3.8) is 0 Å². The van der Waals surface area contributed by atoms with E-state index in [4.69, 9.17) is 16.3 Å². The van der Waals surface area contributed by atoms with E-state index in [1.807, 2.05) is 30.3 Å². The van der Waals surface area contributed by atoms with Gasteiger partial charge in [0.25, 0.3) is 5.91 Å². The third-order valence-electron chi connectivity index (χ3n) is 3.81. The Morgan fingerprint density at radius 3 is 2.92 bits per heavy atom. The van der Waals surface area contributed by atoms with Gasteiger partial charge in [-0.25, -0.2) is 9.67 Å². The Morgan fingerprint density at radius 1 is 1.20 bits per heavy atom. The lowest BCUT2D eigenvalue weighted by Crippen LogP contribution is -2.22. The van der Waals surface area contributed by atoms with Crippen molar-refractivity contribution >= 4 is 29.3 Å². The van der Waals surface area contributed by atoms with Gasteiger partial charge >= 0.3 is 0 Å². The summed E-state index contributed by atoms with van der Waals surface area (Å²) < 4.78 is 7.15. The zero-order valence-corrected chi connectivity index (χ0v) is 13.8. The standard InChI is InChI=1S/C18H13ClN4O2/c19-14-5-3-6-15(17(14)23-11-20-10-21-23)22-18(24)13-8-12-4-1-2-7-16(12)25-9-13/h1-8,10-11H,9H2,(H,22,24). The SMILES string of the molecule is O=C(Nc1cccc(Cl)c1-n1cncn1)C1=Cc2ccccc2OC1. The maximum absolute atomic E-state index is 12.7. The summed E-state index contributed by atoms with van der Waals surface area (Å²) in [5, 5.41) is 7.43. The van der Waals surface area contributed by atoms with Crippen LogP contribution in [0.2, 0.25) is 5.02 Å². The van der Waals surface area contributed by atoms with Gasteiger partial charge in [-0.2, -0.15) is 5.10 Å². The van der Waals surface area contributed by atoms with Crippen molar-refractivity contribution in [1.29, 1.82) is 0 Å². The molecular formula is C18H13ClN4O2. The number of hydrogen-bond acceptors (Lipinski definition) is 4. The summed E-state index contributed by atoms with van der Waals surface area (Å²) in [5.41, 5.74) is 2.51. The molecule has 0 spiro atoms. The van der Waals surface area contributed by atoms with Crippen molar-refractivity contribution in [2.75, 3.05) is 11.9 Å². The highest BCUT2D eigenvalue weighted by Crippen LogP contribution is 2.30. The third kappa shape index (κ3) is 2.99. The molecule has 0 fully saturated rings. The van der Waals surface area contributed by atoms with Crippen LogP contribution in [0.25, 0.3) is 11.8 Å². The van der Waals surface area contributed by atoms with Crippen LogP contribution in [0.1, 0.15) is 5.56 Å². The van der Waals surface area contributed by atoms with Crippen LogP contribution in [0.15, 0.2) is 60.7 Å². The Hall–Kier alpha value is -3.12. The van der Waals surface area contributed by atoms with Crippen LogP contribution >= 0.6 is 11.6 Å². The summed E-state index contributed by atoms with van der Waals surface area (Å²) >= 11 is 6.28. The molecule has 0 aliphatic carbocycles. The fourth-order valence-corrected chi connectivity index (χ4v) is 2.88. The minimum Gasteiger partial charge on any atom is -0.488 e. The molecule has 1 aliphatic rings. The predicted octanol–water partition coefficient (Wildman–Crippen LogP) is 3.34. The zero-order valence-electron chi connectivity index (χ0n) is 13.0. The number of halogens is 1. The topological polar surface area (TPSA) is 69.0 Å². The molecule has 0 bridgehead atoms. The Morgan fingerprint density at radius 2 is 2.08 bits per heavy atom. The first-order valence-corrected chi connectivity index (χ1v) is 7.97. The number of amides is 1. The predicted molar refractivity (Wildman–Crippen MR) is 94.9 cm³/mol. The average Bonchev–Trinajstić information content (AvgIpc) is 3.15.